The van der Waals surface area contributed by atoms with Crippen molar-refractivity contribution in [2.24, 2.45) is 5.73 Å². The van der Waals surface area contributed by atoms with E-state index in [1.54, 1.807) is 6.07 Å². The van der Waals surface area contributed by atoms with E-state index >= 15 is 0 Å². The van der Waals surface area contributed by atoms with Crippen LogP contribution in [0.1, 0.15) is 22.1 Å². The zero-order valence-electron chi connectivity index (χ0n) is 13.8. The number of anilines is 1. The number of carbonyl (C=O) groups excluding carboxylic acids is 2. The molecule has 0 aliphatic carbocycles. The van der Waals surface area contributed by atoms with Gasteiger partial charge < -0.3 is 20.5 Å². The Labute approximate surface area is 148 Å². The van der Waals surface area contributed by atoms with Crippen molar-refractivity contribution in [3.8, 4) is 11.5 Å². The lowest BCUT2D eigenvalue weighted by atomic mass is 10.0. The van der Waals surface area contributed by atoms with Crippen LogP contribution in [-0.4, -0.2) is 41.5 Å². The fraction of sp³-hybridized carbons (Fsp3) is 0.312. The lowest BCUT2D eigenvalue weighted by molar-refractivity contribution is -0.120. The summed E-state index contributed by atoms with van der Waals surface area (Å²) in [5.74, 6) is 1.14. The number of hydrogen-bond donors (Lipinski definition) is 3. The maximum atomic E-state index is 11.9. The molecular formula is C16H18N4O4S. The molecular weight excluding hydrogens is 344 g/mol. The molecule has 8 nitrogen and oxygen atoms in total. The van der Waals surface area contributed by atoms with E-state index in [9.17, 15) is 9.59 Å². The predicted molar refractivity (Wildman–Crippen MR) is 93.9 cm³/mol. The predicted octanol–water partition coefficient (Wildman–Crippen LogP) is 1.37. The van der Waals surface area contributed by atoms with Crippen molar-refractivity contribution < 1.29 is 19.1 Å². The van der Waals surface area contributed by atoms with Crippen LogP contribution in [0.2, 0.25) is 0 Å². The molecule has 2 heterocycles. The monoisotopic (exact) mass is 362 g/mol. The first-order valence-corrected chi connectivity index (χ1v) is 8.59. The van der Waals surface area contributed by atoms with Gasteiger partial charge in [0.1, 0.15) is 0 Å². The molecule has 1 aromatic heterocycles. The highest BCUT2D eigenvalue weighted by Gasteiger charge is 2.28. The number of nitrogens with zero attached hydrogens (tertiary/aromatic N) is 1. The van der Waals surface area contributed by atoms with Crippen LogP contribution < -0.4 is 20.5 Å². The molecule has 0 fully saturated rings. The van der Waals surface area contributed by atoms with Gasteiger partial charge in [-0.25, -0.2) is 0 Å². The number of methoxy groups -OCH3 is 1. The van der Waals surface area contributed by atoms with E-state index < -0.39 is 5.91 Å². The number of aryl methyl sites for hydroxylation is 1. The van der Waals surface area contributed by atoms with Crippen molar-refractivity contribution >= 4 is 29.4 Å². The summed E-state index contributed by atoms with van der Waals surface area (Å²) >= 11 is 1.51. The zero-order valence-corrected chi connectivity index (χ0v) is 14.6. The van der Waals surface area contributed by atoms with Gasteiger partial charge in [-0.15, -0.1) is 11.8 Å². The van der Waals surface area contributed by atoms with Crippen LogP contribution in [0.25, 0.3) is 0 Å². The van der Waals surface area contributed by atoms with E-state index in [-0.39, 0.29) is 17.8 Å². The molecule has 1 aliphatic rings. The van der Waals surface area contributed by atoms with Gasteiger partial charge in [0.2, 0.25) is 5.91 Å². The SMILES string of the molecule is COc1cc(C2SCC(=O)Nc3n[nH]c(C)c32)ccc1OCC(N)=O. The number of ether oxygens (including phenoxy) is 2. The van der Waals surface area contributed by atoms with Crippen LogP contribution in [0.15, 0.2) is 18.2 Å². The van der Waals surface area contributed by atoms with Crippen LogP contribution in [0.4, 0.5) is 5.82 Å². The summed E-state index contributed by atoms with van der Waals surface area (Å²) in [5, 5.41) is 9.80. The van der Waals surface area contributed by atoms with Crippen molar-refractivity contribution in [1.82, 2.24) is 10.2 Å². The Morgan fingerprint density at radius 2 is 2.24 bits per heavy atom. The van der Waals surface area contributed by atoms with Crippen molar-refractivity contribution in [3.05, 3.63) is 35.0 Å². The summed E-state index contributed by atoms with van der Waals surface area (Å²) in [7, 11) is 1.52. The van der Waals surface area contributed by atoms with Gasteiger partial charge in [-0.1, -0.05) is 6.07 Å². The van der Waals surface area contributed by atoms with Crippen LogP contribution in [0, 0.1) is 6.92 Å². The van der Waals surface area contributed by atoms with Crippen molar-refractivity contribution in [2.45, 2.75) is 12.2 Å². The van der Waals surface area contributed by atoms with Gasteiger partial charge >= 0.3 is 0 Å². The Hall–Kier alpha value is -2.68. The van der Waals surface area contributed by atoms with Crippen molar-refractivity contribution in [1.29, 1.82) is 0 Å². The second-order valence-corrected chi connectivity index (χ2v) is 6.61. The molecule has 4 N–H and O–H groups in total. The molecule has 132 valence electrons. The summed E-state index contributed by atoms with van der Waals surface area (Å²) in [4.78, 5) is 22.8. The maximum Gasteiger partial charge on any atom is 0.255 e. The largest absolute Gasteiger partial charge is 0.493 e. The van der Waals surface area contributed by atoms with E-state index in [2.05, 4.69) is 15.5 Å². The minimum Gasteiger partial charge on any atom is -0.493 e. The summed E-state index contributed by atoms with van der Waals surface area (Å²) < 4.78 is 10.7. The summed E-state index contributed by atoms with van der Waals surface area (Å²) in [6, 6.07) is 5.44. The van der Waals surface area contributed by atoms with Crippen LogP contribution in [0.3, 0.4) is 0 Å². The number of fused-ring (bicyclic) bond motifs is 1. The molecule has 0 saturated carbocycles. The van der Waals surface area contributed by atoms with E-state index in [0.717, 1.165) is 16.8 Å². The molecule has 1 aromatic carbocycles. The van der Waals surface area contributed by atoms with Gasteiger partial charge in [0.05, 0.1) is 18.1 Å². The Bertz CT molecular complexity index is 820. The standard InChI is InChI=1S/C16H18N4O4S/c1-8-14-15(25-7-13(22)18-16(14)20-19-8)9-3-4-10(11(5-9)23-2)24-6-12(17)21/h3-5,15H,6-7H2,1-2H3,(H2,17,21)(H2,18,19,20,22). The van der Waals surface area contributed by atoms with Gasteiger partial charge in [0, 0.05) is 11.3 Å². The molecule has 0 spiro atoms. The van der Waals surface area contributed by atoms with Crippen LogP contribution in [-0.2, 0) is 9.59 Å². The number of aromatic nitrogens is 2. The number of primary amides is 1. The average Bonchev–Trinajstić information content (AvgIpc) is 2.84. The number of thioether (sulfide) groups is 1. The van der Waals surface area contributed by atoms with E-state index in [4.69, 9.17) is 15.2 Å². The van der Waals surface area contributed by atoms with Gasteiger partial charge in [-0.2, -0.15) is 5.10 Å². The number of benzene rings is 1. The molecule has 25 heavy (non-hydrogen) atoms. The molecule has 1 atom stereocenters. The molecule has 3 rings (SSSR count). The fourth-order valence-electron chi connectivity index (χ4n) is 2.64. The number of H-pyrrole nitrogens is 1. The number of nitrogens with one attached hydrogen (secondary N) is 2. The maximum absolute atomic E-state index is 11.9. The number of carbonyl (C=O) groups is 2. The number of nitrogens with two attached hydrogens (primary N) is 1. The third kappa shape index (κ3) is 3.55. The molecule has 2 amide bonds. The van der Waals surface area contributed by atoms with Gasteiger partial charge in [0.25, 0.3) is 5.91 Å². The summed E-state index contributed by atoms with van der Waals surface area (Å²) in [5.41, 5.74) is 7.88. The molecule has 0 saturated heterocycles. The molecule has 1 aliphatic heterocycles. The first kappa shape index (κ1) is 17.2. The van der Waals surface area contributed by atoms with Gasteiger partial charge in [0.15, 0.2) is 23.9 Å². The first-order chi connectivity index (χ1) is 12.0. The molecule has 0 bridgehead atoms. The third-order valence-electron chi connectivity index (χ3n) is 3.76. The Kier molecular flexibility index (Phi) is 4.84. The lowest BCUT2D eigenvalue weighted by Gasteiger charge is -2.17. The lowest BCUT2D eigenvalue weighted by Crippen LogP contribution is -2.20. The second kappa shape index (κ2) is 7.06. The second-order valence-electron chi connectivity index (χ2n) is 5.52. The topological polar surface area (TPSA) is 119 Å². The highest BCUT2D eigenvalue weighted by Crippen LogP contribution is 2.44. The first-order valence-electron chi connectivity index (χ1n) is 7.55. The normalized spacial score (nSPS) is 16.6. The molecule has 0 radical (unpaired) electrons. The summed E-state index contributed by atoms with van der Waals surface area (Å²) in [6.45, 7) is 1.69. The van der Waals surface area contributed by atoms with Gasteiger partial charge in [-0.05, 0) is 24.6 Å². The minimum absolute atomic E-state index is 0.0892. The number of hydrogen-bond acceptors (Lipinski definition) is 6. The van der Waals surface area contributed by atoms with Crippen LogP contribution >= 0.6 is 11.8 Å². The highest BCUT2D eigenvalue weighted by atomic mass is 32.2. The van der Waals surface area contributed by atoms with Gasteiger partial charge in [-0.3, -0.25) is 14.7 Å². The minimum atomic E-state index is -0.561. The zero-order chi connectivity index (χ0) is 18.0. The Morgan fingerprint density at radius 3 is 2.96 bits per heavy atom. The van der Waals surface area contributed by atoms with Crippen molar-refractivity contribution in [2.75, 3.05) is 24.8 Å². The van der Waals surface area contributed by atoms with Crippen LogP contribution in [0.5, 0.6) is 11.5 Å². The third-order valence-corrected chi connectivity index (χ3v) is 5.03. The summed E-state index contributed by atoms with van der Waals surface area (Å²) in [6.07, 6.45) is 0. The average molecular weight is 362 g/mol. The fourth-order valence-corrected chi connectivity index (χ4v) is 3.83. The smallest absolute Gasteiger partial charge is 0.255 e. The van der Waals surface area contributed by atoms with E-state index in [1.165, 1.54) is 18.9 Å². The number of rotatable bonds is 5. The quantitative estimate of drug-likeness (QED) is 0.739. The number of amides is 2. The highest BCUT2D eigenvalue weighted by molar-refractivity contribution is 8.00. The molecule has 2 aromatic rings. The Morgan fingerprint density at radius 1 is 1.44 bits per heavy atom. The molecule has 9 heteroatoms. The van der Waals surface area contributed by atoms with Crippen molar-refractivity contribution in [3.63, 3.8) is 0 Å². The van der Waals surface area contributed by atoms with E-state index in [0.29, 0.717) is 23.1 Å². The molecule has 1 unspecified atom stereocenters. The number of aromatic amines is 1. The van der Waals surface area contributed by atoms with E-state index in [1.807, 2.05) is 19.1 Å². The Balaban J connectivity index is 1.97.